The minimum absolute atomic E-state index is 0.103. The molecule has 0 unspecified atom stereocenters. The molecule has 9 heteroatoms. The molecular weight excluding hydrogens is 344 g/mol. The van der Waals surface area contributed by atoms with Crippen LogP contribution in [0.25, 0.3) is 0 Å². The summed E-state index contributed by atoms with van der Waals surface area (Å²) in [5, 5.41) is 5.30. The van der Waals surface area contributed by atoms with Crippen LogP contribution in [0.4, 0.5) is 11.4 Å². The summed E-state index contributed by atoms with van der Waals surface area (Å²) in [7, 11) is -3.56. The van der Waals surface area contributed by atoms with E-state index >= 15 is 0 Å². The maximum Gasteiger partial charge on any atom is 0.253 e. The molecule has 0 saturated heterocycles. The summed E-state index contributed by atoms with van der Waals surface area (Å²) in [5.74, 6) is -0.775. The maximum atomic E-state index is 12.6. The number of carbonyl (C=O) groups excluding carboxylic acids is 2. The second-order valence-electron chi connectivity index (χ2n) is 6.07. The van der Waals surface area contributed by atoms with Crippen LogP contribution in [0.1, 0.15) is 44.0 Å². The molecule has 0 aliphatic carbocycles. The van der Waals surface area contributed by atoms with E-state index < -0.39 is 21.5 Å². The second kappa shape index (κ2) is 8.30. The Kier molecular flexibility index (Phi) is 6.95. The van der Waals surface area contributed by atoms with Gasteiger partial charge in [-0.05, 0) is 31.0 Å². The molecule has 140 valence electrons. The first-order valence-electron chi connectivity index (χ1n) is 7.96. The monoisotopic (exact) mass is 370 g/mol. The van der Waals surface area contributed by atoms with E-state index in [0.717, 1.165) is 6.26 Å². The van der Waals surface area contributed by atoms with Crippen molar-refractivity contribution in [3.63, 3.8) is 0 Å². The van der Waals surface area contributed by atoms with Crippen molar-refractivity contribution in [2.75, 3.05) is 22.8 Å². The zero-order valence-corrected chi connectivity index (χ0v) is 15.8. The van der Waals surface area contributed by atoms with Gasteiger partial charge in [0.2, 0.25) is 15.9 Å². The van der Waals surface area contributed by atoms with Crippen LogP contribution < -0.4 is 21.1 Å². The van der Waals surface area contributed by atoms with Gasteiger partial charge in [-0.2, -0.15) is 0 Å². The van der Waals surface area contributed by atoms with Gasteiger partial charge in [0.25, 0.3) is 5.91 Å². The topological polar surface area (TPSA) is 130 Å². The van der Waals surface area contributed by atoms with E-state index in [4.69, 9.17) is 5.73 Å². The fourth-order valence-corrected chi connectivity index (χ4v) is 2.73. The van der Waals surface area contributed by atoms with Gasteiger partial charge < -0.3 is 16.4 Å². The van der Waals surface area contributed by atoms with Crippen LogP contribution in [0.5, 0.6) is 0 Å². The van der Waals surface area contributed by atoms with Gasteiger partial charge in [-0.15, -0.1) is 0 Å². The van der Waals surface area contributed by atoms with Gasteiger partial charge in [0.05, 0.1) is 17.5 Å². The van der Waals surface area contributed by atoms with Crippen molar-refractivity contribution in [1.82, 2.24) is 5.32 Å². The van der Waals surface area contributed by atoms with Gasteiger partial charge >= 0.3 is 0 Å². The van der Waals surface area contributed by atoms with Crippen molar-refractivity contribution in [3.8, 4) is 0 Å². The molecule has 1 aromatic carbocycles. The van der Waals surface area contributed by atoms with E-state index in [1.165, 1.54) is 25.1 Å². The van der Waals surface area contributed by atoms with Crippen molar-refractivity contribution >= 4 is 33.2 Å². The van der Waals surface area contributed by atoms with Crippen molar-refractivity contribution in [2.24, 2.45) is 5.73 Å². The number of nitrogens with one attached hydrogen (secondary N) is 3. The highest BCUT2D eigenvalue weighted by Gasteiger charge is 2.22. The summed E-state index contributed by atoms with van der Waals surface area (Å²) < 4.78 is 25.3. The number of hydrogen-bond acceptors (Lipinski definition) is 5. The Morgan fingerprint density at radius 2 is 1.80 bits per heavy atom. The molecule has 0 aromatic heterocycles. The predicted molar refractivity (Wildman–Crippen MR) is 99.0 cm³/mol. The number of carbonyl (C=O) groups is 2. The van der Waals surface area contributed by atoms with Crippen LogP contribution in [0.3, 0.4) is 0 Å². The summed E-state index contributed by atoms with van der Waals surface area (Å²) in [6, 6.07) is 4.36. The molecule has 0 fully saturated rings. The number of anilines is 2. The van der Waals surface area contributed by atoms with Crippen LogP contribution in [0, 0.1) is 0 Å². The highest BCUT2D eigenvalue weighted by molar-refractivity contribution is 7.92. The van der Waals surface area contributed by atoms with Crippen LogP contribution in [0.2, 0.25) is 0 Å². The highest BCUT2D eigenvalue weighted by atomic mass is 32.2. The molecule has 2 amide bonds. The Hall–Kier alpha value is -2.13. The third-order valence-electron chi connectivity index (χ3n) is 3.89. The molecule has 0 bridgehead atoms. The van der Waals surface area contributed by atoms with Gasteiger partial charge in [-0.1, -0.05) is 13.8 Å². The Balaban J connectivity index is 3.14. The first kappa shape index (κ1) is 20.9. The van der Waals surface area contributed by atoms with E-state index in [2.05, 4.69) is 15.4 Å². The van der Waals surface area contributed by atoms with Crippen molar-refractivity contribution in [2.45, 2.75) is 39.2 Å². The molecule has 0 aliphatic rings. The van der Waals surface area contributed by atoms with Crippen LogP contribution in [-0.4, -0.2) is 38.6 Å². The largest absolute Gasteiger partial charge is 0.350 e. The van der Waals surface area contributed by atoms with Gasteiger partial charge in [0.1, 0.15) is 0 Å². The van der Waals surface area contributed by atoms with E-state index in [9.17, 15) is 18.0 Å². The average molecular weight is 370 g/mol. The number of nitrogens with two attached hydrogens (primary N) is 1. The summed E-state index contributed by atoms with van der Waals surface area (Å²) in [5.41, 5.74) is 6.27. The quantitative estimate of drug-likeness (QED) is 0.547. The number of sulfonamides is 1. The molecule has 0 atom stereocenters. The summed E-state index contributed by atoms with van der Waals surface area (Å²) in [6.45, 7) is 5.46. The minimum Gasteiger partial charge on any atom is -0.350 e. The van der Waals surface area contributed by atoms with Crippen molar-refractivity contribution < 1.29 is 18.0 Å². The lowest BCUT2D eigenvalue weighted by Gasteiger charge is -2.27. The lowest BCUT2D eigenvalue weighted by Crippen LogP contribution is -2.49. The molecule has 0 heterocycles. The van der Waals surface area contributed by atoms with Gasteiger partial charge in [0, 0.05) is 24.7 Å². The van der Waals surface area contributed by atoms with Crippen molar-refractivity contribution in [1.29, 1.82) is 0 Å². The van der Waals surface area contributed by atoms with Crippen LogP contribution in [-0.2, 0) is 14.8 Å². The highest BCUT2D eigenvalue weighted by Crippen LogP contribution is 2.22. The van der Waals surface area contributed by atoms with Crippen LogP contribution in [0.15, 0.2) is 18.2 Å². The molecule has 0 spiro atoms. The minimum atomic E-state index is -3.56. The van der Waals surface area contributed by atoms with E-state index in [-0.39, 0.29) is 23.7 Å². The lowest BCUT2D eigenvalue weighted by atomic mass is 9.94. The number of hydrogen-bond donors (Lipinski definition) is 4. The Bertz CT molecular complexity index is 743. The standard InChI is InChI=1S/C16H26N4O4S/c1-5-16(17,6-2)10-18-15(22)13-9-12(19-11(3)21)7-8-14(13)20-25(4,23)24/h7-9,20H,5-6,10,17H2,1-4H3,(H,18,22)(H,19,21). The van der Waals surface area contributed by atoms with Gasteiger partial charge in [-0.3, -0.25) is 14.3 Å². The Labute approximate surface area is 148 Å². The molecular formula is C16H26N4O4S. The van der Waals surface area contributed by atoms with E-state index in [1.54, 1.807) is 0 Å². The zero-order valence-electron chi connectivity index (χ0n) is 15.0. The third kappa shape index (κ3) is 6.71. The van der Waals surface area contributed by atoms with E-state index in [1.807, 2.05) is 13.8 Å². The zero-order chi connectivity index (χ0) is 19.3. The molecule has 25 heavy (non-hydrogen) atoms. The second-order valence-corrected chi connectivity index (χ2v) is 7.82. The van der Waals surface area contributed by atoms with Crippen molar-refractivity contribution in [3.05, 3.63) is 23.8 Å². The Morgan fingerprint density at radius 3 is 2.28 bits per heavy atom. The summed E-state index contributed by atoms with van der Waals surface area (Å²) >= 11 is 0. The number of rotatable bonds is 8. The molecule has 0 saturated carbocycles. The SMILES string of the molecule is CCC(N)(CC)CNC(=O)c1cc(NC(C)=O)ccc1NS(C)(=O)=O. The molecule has 0 aliphatic heterocycles. The first-order valence-corrected chi connectivity index (χ1v) is 9.85. The summed E-state index contributed by atoms with van der Waals surface area (Å²) in [6.07, 6.45) is 2.36. The third-order valence-corrected chi connectivity index (χ3v) is 4.48. The maximum absolute atomic E-state index is 12.6. The molecule has 8 nitrogen and oxygen atoms in total. The predicted octanol–water partition coefficient (Wildman–Crippen LogP) is 1.26. The van der Waals surface area contributed by atoms with Gasteiger partial charge in [0.15, 0.2) is 0 Å². The van der Waals surface area contributed by atoms with Gasteiger partial charge in [-0.25, -0.2) is 8.42 Å². The first-order chi connectivity index (χ1) is 11.5. The lowest BCUT2D eigenvalue weighted by molar-refractivity contribution is -0.114. The fraction of sp³-hybridized carbons (Fsp3) is 0.500. The number of benzene rings is 1. The molecule has 1 aromatic rings. The molecule has 1 rings (SSSR count). The Morgan fingerprint density at radius 1 is 1.20 bits per heavy atom. The average Bonchev–Trinajstić information content (AvgIpc) is 2.52. The smallest absolute Gasteiger partial charge is 0.253 e. The molecule has 5 N–H and O–H groups in total. The molecule has 0 radical (unpaired) electrons. The summed E-state index contributed by atoms with van der Waals surface area (Å²) in [4.78, 5) is 23.8. The normalized spacial score (nSPS) is 11.7. The number of amides is 2. The van der Waals surface area contributed by atoms with E-state index in [0.29, 0.717) is 18.5 Å². The van der Waals surface area contributed by atoms with Crippen LogP contribution >= 0.6 is 0 Å². The fourth-order valence-electron chi connectivity index (χ4n) is 2.15.